The third-order valence-corrected chi connectivity index (χ3v) is 7.91. The molecule has 1 aliphatic heterocycles. The first-order valence-electron chi connectivity index (χ1n) is 12.4. The minimum Gasteiger partial charge on any atom is -0.494 e. The van der Waals surface area contributed by atoms with E-state index in [2.05, 4.69) is 33.0 Å². The van der Waals surface area contributed by atoms with E-state index in [1.54, 1.807) is 7.11 Å². The van der Waals surface area contributed by atoms with Crippen molar-refractivity contribution in [2.75, 3.05) is 20.2 Å². The Hall–Kier alpha value is -3.39. The lowest BCUT2D eigenvalue weighted by atomic mass is 10.1. The predicted molar refractivity (Wildman–Crippen MR) is 138 cm³/mol. The average molecular weight is 473 g/mol. The van der Waals surface area contributed by atoms with E-state index in [0.717, 1.165) is 53.6 Å². The Labute approximate surface area is 205 Å². The summed E-state index contributed by atoms with van der Waals surface area (Å²) in [6, 6.07) is 6.11. The van der Waals surface area contributed by atoms with Crippen molar-refractivity contribution >= 4 is 35.6 Å². The smallest absolute Gasteiger partial charge is 0.254 e. The van der Waals surface area contributed by atoms with Crippen LogP contribution in [0.2, 0.25) is 0 Å². The molecular weight excluding hydrogens is 440 g/mol. The first-order chi connectivity index (χ1) is 16.9. The molecule has 182 valence electrons. The van der Waals surface area contributed by atoms with E-state index in [1.165, 1.54) is 12.8 Å². The number of hydrogen-bond acceptors (Lipinski definition) is 5. The number of aromatic nitrogens is 3. The van der Waals surface area contributed by atoms with Gasteiger partial charge < -0.3 is 24.5 Å². The molecule has 8 heteroatoms. The summed E-state index contributed by atoms with van der Waals surface area (Å²) in [7, 11) is 3.63. The number of likely N-dealkylation sites (tertiary alicyclic amines) is 1. The molecule has 2 saturated carbocycles. The molecule has 0 radical (unpaired) electrons. The summed E-state index contributed by atoms with van der Waals surface area (Å²) in [5.74, 6) is 3.90. The highest BCUT2D eigenvalue weighted by Gasteiger charge is 2.54. The molecular formula is C27H32N6O2. The molecule has 3 atom stereocenters. The Morgan fingerprint density at radius 1 is 1.29 bits per heavy atom. The number of hydrogen-bond donors (Lipinski definition) is 1. The van der Waals surface area contributed by atoms with Crippen molar-refractivity contribution in [1.82, 2.24) is 19.0 Å². The fourth-order valence-corrected chi connectivity index (χ4v) is 5.71. The third-order valence-electron chi connectivity index (χ3n) is 7.91. The first kappa shape index (κ1) is 22.1. The number of nitrogens with zero attached hydrogens (tertiary/aromatic N) is 5. The molecule has 2 N–H and O–H groups in total. The molecule has 1 saturated heterocycles. The number of imidazole rings is 1. The maximum Gasteiger partial charge on any atom is 0.254 e. The molecule has 8 nitrogen and oxygen atoms in total. The van der Waals surface area contributed by atoms with Crippen LogP contribution >= 0.6 is 0 Å². The summed E-state index contributed by atoms with van der Waals surface area (Å²) in [6.45, 7) is 8.20. The lowest BCUT2D eigenvalue weighted by molar-refractivity contribution is 0.0773. The number of rotatable bonds is 7. The highest BCUT2D eigenvalue weighted by atomic mass is 16.5. The van der Waals surface area contributed by atoms with Crippen LogP contribution in [0.25, 0.3) is 28.6 Å². The molecule has 3 aliphatic rings. The van der Waals surface area contributed by atoms with E-state index in [4.69, 9.17) is 15.5 Å². The number of ether oxygens (including phenoxy) is 1. The van der Waals surface area contributed by atoms with E-state index >= 15 is 0 Å². The second-order valence-electron chi connectivity index (χ2n) is 10.2. The molecule has 1 aromatic carbocycles. The van der Waals surface area contributed by atoms with Crippen molar-refractivity contribution in [1.29, 1.82) is 0 Å². The number of methoxy groups -OCH3 is 1. The molecule has 1 amide bonds. The van der Waals surface area contributed by atoms with Gasteiger partial charge in [0.15, 0.2) is 5.82 Å². The van der Waals surface area contributed by atoms with Crippen LogP contribution in [-0.4, -0.2) is 57.9 Å². The van der Waals surface area contributed by atoms with Gasteiger partial charge in [-0.05, 0) is 62.4 Å². The minimum absolute atomic E-state index is 0.0161. The van der Waals surface area contributed by atoms with E-state index in [1.807, 2.05) is 37.1 Å². The van der Waals surface area contributed by atoms with Gasteiger partial charge in [0.25, 0.3) is 5.91 Å². The van der Waals surface area contributed by atoms with Crippen molar-refractivity contribution in [3.05, 3.63) is 35.4 Å². The fraction of sp³-hybridized carbons (Fsp3) is 0.444. The lowest BCUT2D eigenvalue weighted by Gasteiger charge is -2.19. The molecule has 2 aliphatic carbocycles. The van der Waals surface area contributed by atoms with Crippen molar-refractivity contribution in [2.24, 2.45) is 35.5 Å². The number of aryl methyl sites for hydroxylation is 1. The zero-order valence-electron chi connectivity index (χ0n) is 20.6. The Kier molecular flexibility index (Phi) is 5.11. The number of fused-ring (bicyclic) bond motifs is 2. The molecule has 3 heterocycles. The molecule has 0 bridgehead atoms. The molecule has 1 unspecified atom stereocenters. The van der Waals surface area contributed by atoms with Crippen LogP contribution in [0.4, 0.5) is 5.82 Å². The van der Waals surface area contributed by atoms with Crippen LogP contribution in [0.1, 0.15) is 35.7 Å². The monoisotopic (exact) mass is 472 g/mol. The number of benzene rings is 1. The molecule has 0 spiro atoms. The van der Waals surface area contributed by atoms with Gasteiger partial charge in [0.2, 0.25) is 0 Å². The molecule has 3 fully saturated rings. The average Bonchev–Trinajstić information content (AvgIpc) is 3.61. The zero-order chi connectivity index (χ0) is 24.4. The maximum atomic E-state index is 13.3. The lowest BCUT2D eigenvalue weighted by Crippen LogP contribution is -2.33. The van der Waals surface area contributed by atoms with Gasteiger partial charge in [-0.25, -0.2) is 9.98 Å². The quantitative estimate of drug-likeness (QED) is 0.529. The van der Waals surface area contributed by atoms with Crippen LogP contribution in [-0.2, 0) is 13.6 Å². The van der Waals surface area contributed by atoms with E-state index < -0.39 is 0 Å². The van der Waals surface area contributed by atoms with Gasteiger partial charge in [0.05, 0.1) is 18.3 Å². The zero-order valence-corrected chi connectivity index (χ0v) is 20.6. The first-order valence-corrected chi connectivity index (χ1v) is 12.4. The SMILES string of the molecule is C=Nc1c(/C=C\C)cc(-c2nc3cc(C(=O)N4C[C@@H]5C(N)[C@@H]5C4)cc(OC)c3n2C)n1CC1CC1. The number of carbonyl (C=O) groups is 1. The highest BCUT2D eigenvalue weighted by molar-refractivity contribution is 6.00. The van der Waals surface area contributed by atoms with E-state index in [9.17, 15) is 4.79 Å². The van der Waals surface area contributed by atoms with Crippen LogP contribution < -0.4 is 10.5 Å². The van der Waals surface area contributed by atoms with Crippen molar-refractivity contribution in [2.45, 2.75) is 32.4 Å². The Morgan fingerprint density at radius 2 is 2.03 bits per heavy atom. The summed E-state index contributed by atoms with van der Waals surface area (Å²) in [6.07, 6.45) is 6.54. The summed E-state index contributed by atoms with van der Waals surface area (Å²) in [5, 5.41) is 0. The van der Waals surface area contributed by atoms with Crippen molar-refractivity contribution < 1.29 is 9.53 Å². The second-order valence-corrected chi connectivity index (χ2v) is 10.2. The number of amides is 1. The normalized spacial score (nSPS) is 23.3. The minimum atomic E-state index is 0.0161. The predicted octanol–water partition coefficient (Wildman–Crippen LogP) is 3.85. The third kappa shape index (κ3) is 3.50. The van der Waals surface area contributed by atoms with Gasteiger partial charge >= 0.3 is 0 Å². The summed E-state index contributed by atoms with van der Waals surface area (Å²) in [4.78, 5) is 24.6. The Bertz CT molecular complexity index is 1370. The standard InChI is InChI=1S/C27H32N6O2/c1-5-6-16-10-21(33(25(16)29-2)12-15-7-8-15)26-30-20-9-17(11-22(35-4)24(20)31(26)3)27(34)32-13-18-19(14-32)23(18)28/h5-6,9-11,15,18-19,23H,2,7-8,12-14,28H2,1,3-4H3/b6-5-/t18-,19+,23?. The maximum absolute atomic E-state index is 13.3. The highest BCUT2D eigenvalue weighted by Crippen LogP contribution is 2.44. The largest absolute Gasteiger partial charge is 0.494 e. The van der Waals surface area contributed by atoms with Gasteiger partial charge in [-0.1, -0.05) is 12.2 Å². The van der Waals surface area contributed by atoms with Crippen molar-refractivity contribution in [3.8, 4) is 17.3 Å². The Morgan fingerprint density at radius 3 is 2.66 bits per heavy atom. The van der Waals surface area contributed by atoms with Crippen LogP contribution in [0, 0.1) is 17.8 Å². The van der Waals surface area contributed by atoms with Crippen molar-refractivity contribution in [3.63, 3.8) is 0 Å². The summed E-state index contributed by atoms with van der Waals surface area (Å²) >= 11 is 0. The Balaban J connectivity index is 1.45. The number of nitrogens with two attached hydrogens (primary N) is 1. The number of aliphatic imine (C=N–C) groups is 1. The fourth-order valence-electron chi connectivity index (χ4n) is 5.71. The topological polar surface area (TPSA) is 90.7 Å². The van der Waals surface area contributed by atoms with Crippen LogP contribution in [0.15, 0.2) is 29.3 Å². The van der Waals surface area contributed by atoms with Gasteiger partial charge in [-0.3, -0.25) is 4.79 Å². The van der Waals surface area contributed by atoms with E-state index in [-0.39, 0.29) is 11.9 Å². The number of allylic oxidation sites excluding steroid dienone is 1. The van der Waals surface area contributed by atoms with Gasteiger partial charge in [-0.2, -0.15) is 0 Å². The van der Waals surface area contributed by atoms with E-state index in [0.29, 0.717) is 29.1 Å². The molecule has 35 heavy (non-hydrogen) atoms. The number of carbonyl (C=O) groups excluding carboxylic acids is 1. The van der Waals surface area contributed by atoms with Gasteiger partial charge in [-0.15, -0.1) is 0 Å². The van der Waals surface area contributed by atoms with Crippen LogP contribution in [0.3, 0.4) is 0 Å². The molecule has 3 aromatic rings. The summed E-state index contributed by atoms with van der Waals surface area (Å²) in [5.41, 5.74) is 10.3. The van der Waals surface area contributed by atoms with Gasteiger partial charge in [0.1, 0.15) is 17.1 Å². The second kappa shape index (κ2) is 8.09. The molecule has 6 rings (SSSR count). The molecule has 2 aromatic heterocycles. The van der Waals surface area contributed by atoms with Crippen LogP contribution in [0.5, 0.6) is 5.75 Å². The summed E-state index contributed by atoms with van der Waals surface area (Å²) < 4.78 is 10.0. The van der Waals surface area contributed by atoms with Gasteiger partial charge in [0, 0.05) is 43.9 Å². The number of piperidine rings is 1.